The lowest BCUT2D eigenvalue weighted by molar-refractivity contribution is 0.685. The van der Waals surface area contributed by atoms with Crippen LogP contribution in [0.3, 0.4) is 0 Å². The van der Waals surface area contributed by atoms with Crippen LogP contribution in [-0.2, 0) is 6.42 Å². The summed E-state index contributed by atoms with van der Waals surface area (Å²) in [4.78, 5) is 2.01. The molecule has 4 heteroatoms. The van der Waals surface area contributed by atoms with Gasteiger partial charge in [0.05, 0.1) is 0 Å². The largest absolute Gasteiger partial charge is 0.341 e. The molecule has 36 heavy (non-hydrogen) atoms. The van der Waals surface area contributed by atoms with Crippen LogP contribution in [0.4, 0.5) is 11.4 Å². The first-order valence-corrected chi connectivity index (χ1v) is 12.4. The quantitative estimate of drug-likeness (QED) is 0.218. The summed E-state index contributed by atoms with van der Waals surface area (Å²) in [6.07, 6.45) is 3.03. The standard InChI is InChI=1S/C32H38N4/c1-8-13-23(3)29-15-12-16-30(22-29)33-26(6)34-35-27(7)36(31-20-18-28(9-2)19-21-31)25(5)32-17-11-10-14-24(32)4/h10-12,14-22,33-35H,3,5-9,13H2,1-2,4H3. The zero-order valence-electron chi connectivity index (χ0n) is 21.8. The highest BCUT2D eigenvalue weighted by molar-refractivity contribution is 5.82. The molecule has 0 aliphatic carbocycles. The molecule has 0 saturated heterocycles. The average molecular weight is 479 g/mol. The smallest absolute Gasteiger partial charge is 0.122 e. The molecule has 0 aliphatic heterocycles. The van der Waals surface area contributed by atoms with Crippen LogP contribution in [-0.4, -0.2) is 0 Å². The predicted molar refractivity (Wildman–Crippen MR) is 157 cm³/mol. The number of nitrogens with zero attached hydrogens (tertiary/aromatic N) is 1. The van der Waals surface area contributed by atoms with E-state index in [9.17, 15) is 0 Å². The molecule has 0 atom stereocenters. The molecule has 3 aromatic rings. The maximum atomic E-state index is 4.41. The Morgan fingerprint density at radius 1 is 0.833 bits per heavy atom. The van der Waals surface area contributed by atoms with Crippen LogP contribution >= 0.6 is 0 Å². The van der Waals surface area contributed by atoms with Crippen molar-refractivity contribution in [1.82, 2.24) is 10.9 Å². The van der Waals surface area contributed by atoms with Gasteiger partial charge in [-0.25, -0.2) is 0 Å². The van der Waals surface area contributed by atoms with Gasteiger partial charge in [-0.2, -0.15) is 0 Å². The van der Waals surface area contributed by atoms with Crippen LogP contribution in [0.2, 0.25) is 0 Å². The first-order valence-electron chi connectivity index (χ1n) is 12.4. The Labute approximate surface area is 216 Å². The molecule has 0 aliphatic rings. The second-order valence-electron chi connectivity index (χ2n) is 8.85. The molecule has 0 radical (unpaired) electrons. The van der Waals surface area contributed by atoms with Crippen molar-refractivity contribution in [1.29, 1.82) is 0 Å². The molecular weight excluding hydrogens is 440 g/mol. The van der Waals surface area contributed by atoms with Crippen molar-refractivity contribution in [2.24, 2.45) is 0 Å². The van der Waals surface area contributed by atoms with Crippen LogP contribution < -0.4 is 21.1 Å². The highest BCUT2D eigenvalue weighted by Gasteiger charge is 2.17. The van der Waals surface area contributed by atoms with Crippen molar-refractivity contribution in [2.75, 3.05) is 10.2 Å². The zero-order valence-corrected chi connectivity index (χ0v) is 21.8. The van der Waals surface area contributed by atoms with Crippen LogP contribution in [0.1, 0.15) is 48.9 Å². The van der Waals surface area contributed by atoms with E-state index in [0.29, 0.717) is 11.6 Å². The molecule has 0 saturated carbocycles. The van der Waals surface area contributed by atoms with Gasteiger partial charge in [0, 0.05) is 22.6 Å². The predicted octanol–water partition coefficient (Wildman–Crippen LogP) is 8.00. The van der Waals surface area contributed by atoms with Crippen molar-refractivity contribution in [3.63, 3.8) is 0 Å². The fourth-order valence-corrected chi connectivity index (χ4v) is 4.04. The molecule has 4 nitrogen and oxygen atoms in total. The Morgan fingerprint density at radius 3 is 2.22 bits per heavy atom. The Morgan fingerprint density at radius 2 is 1.56 bits per heavy atom. The minimum atomic E-state index is 0.595. The van der Waals surface area contributed by atoms with Gasteiger partial charge in [-0.3, -0.25) is 15.8 Å². The lowest BCUT2D eigenvalue weighted by Gasteiger charge is -2.30. The lowest BCUT2D eigenvalue weighted by Crippen LogP contribution is -2.39. The molecule has 0 unspecified atom stereocenters. The third-order valence-electron chi connectivity index (χ3n) is 6.07. The number of hydrogen-bond donors (Lipinski definition) is 3. The lowest BCUT2D eigenvalue weighted by atomic mass is 10.0. The van der Waals surface area contributed by atoms with E-state index in [1.54, 1.807) is 0 Å². The highest BCUT2D eigenvalue weighted by Crippen LogP contribution is 2.30. The van der Waals surface area contributed by atoms with Crippen molar-refractivity contribution in [2.45, 2.75) is 40.0 Å². The van der Waals surface area contributed by atoms with Crippen LogP contribution in [0, 0.1) is 6.92 Å². The Balaban J connectivity index is 1.74. The van der Waals surface area contributed by atoms with Gasteiger partial charge in [-0.05, 0) is 66.3 Å². The molecule has 0 amide bonds. The number of aryl methyl sites for hydroxylation is 2. The third-order valence-corrected chi connectivity index (χ3v) is 6.07. The summed E-state index contributed by atoms with van der Waals surface area (Å²) in [7, 11) is 0. The Bertz CT molecular complexity index is 1240. The highest BCUT2D eigenvalue weighted by atomic mass is 15.5. The number of benzene rings is 3. The SMILES string of the molecule is C=C(NNC(=C)N(C(=C)c1ccccc1C)c1ccc(CC)cc1)Nc1cccc(C(=C)CCC)c1. The van der Waals surface area contributed by atoms with E-state index in [0.717, 1.165) is 58.6 Å². The summed E-state index contributed by atoms with van der Waals surface area (Å²) >= 11 is 0. The minimum absolute atomic E-state index is 0.595. The monoisotopic (exact) mass is 478 g/mol. The van der Waals surface area contributed by atoms with E-state index in [2.05, 4.69) is 112 Å². The summed E-state index contributed by atoms with van der Waals surface area (Å²) in [5.74, 6) is 1.22. The average Bonchev–Trinajstić information content (AvgIpc) is 2.88. The minimum Gasteiger partial charge on any atom is -0.341 e. The molecule has 0 bridgehead atoms. The van der Waals surface area contributed by atoms with E-state index in [1.165, 1.54) is 5.56 Å². The second kappa shape index (κ2) is 12.5. The summed E-state index contributed by atoms with van der Waals surface area (Å²) in [5, 5.41) is 3.31. The fraction of sp³-hybridized carbons (Fsp3) is 0.188. The molecule has 3 rings (SSSR count). The van der Waals surface area contributed by atoms with E-state index in [4.69, 9.17) is 0 Å². The van der Waals surface area contributed by atoms with Crippen molar-refractivity contribution in [3.05, 3.63) is 133 Å². The van der Waals surface area contributed by atoms with Crippen LogP contribution in [0.25, 0.3) is 11.3 Å². The number of hydrogen-bond acceptors (Lipinski definition) is 4. The van der Waals surface area contributed by atoms with E-state index >= 15 is 0 Å². The van der Waals surface area contributed by atoms with Gasteiger partial charge in [0.25, 0.3) is 0 Å². The Kier molecular flexibility index (Phi) is 9.18. The first-order chi connectivity index (χ1) is 17.3. The van der Waals surface area contributed by atoms with Crippen molar-refractivity contribution in [3.8, 4) is 0 Å². The summed E-state index contributed by atoms with van der Waals surface area (Å²) in [5.41, 5.74) is 14.8. The van der Waals surface area contributed by atoms with Gasteiger partial charge < -0.3 is 5.32 Å². The summed E-state index contributed by atoms with van der Waals surface area (Å²) in [6, 6.07) is 24.9. The van der Waals surface area contributed by atoms with Gasteiger partial charge in [-0.15, -0.1) is 0 Å². The van der Waals surface area contributed by atoms with Crippen LogP contribution in [0.15, 0.2) is 111 Å². The van der Waals surface area contributed by atoms with Gasteiger partial charge >= 0.3 is 0 Å². The normalized spacial score (nSPS) is 10.3. The van der Waals surface area contributed by atoms with E-state index < -0.39 is 0 Å². The molecule has 0 fully saturated rings. The second-order valence-corrected chi connectivity index (χ2v) is 8.85. The number of allylic oxidation sites excluding steroid dienone is 1. The molecule has 0 spiro atoms. The van der Waals surface area contributed by atoms with Gasteiger partial charge in [-0.1, -0.05) is 95.1 Å². The van der Waals surface area contributed by atoms with Gasteiger partial charge in [0.15, 0.2) is 0 Å². The number of nitrogens with one attached hydrogen (secondary N) is 3. The number of anilines is 2. The topological polar surface area (TPSA) is 39.3 Å². The number of hydrazine groups is 1. The molecule has 3 N–H and O–H groups in total. The molecule has 3 aromatic carbocycles. The molecule has 0 aromatic heterocycles. The first kappa shape index (κ1) is 26.4. The maximum Gasteiger partial charge on any atom is 0.122 e. The maximum absolute atomic E-state index is 4.41. The van der Waals surface area contributed by atoms with Crippen molar-refractivity contribution < 1.29 is 0 Å². The van der Waals surface area contributed by atoms with Gasteiger partial charge in [0.1, 0.15) is 11.6 Å². The summed E-state index contributed by atoms with van der Waals surface area (Å²) in [6.45, 7) is 23.4. The van der Waals surface area contributed by atoms with Crippen molar-refractivity contribution >= 4 is 22.6 Å². The van der Waals surface area contributed by atoms with E-state index in [1.807, 2.05) is 29.2 Å². The third kappa shape index (κ3) is 6.70. The molecule has 186 valence electrons. The molecular formula is C32H38N4. The Hall–Kier alpha value is -4.18. The fourth-order valence-electron chi connectivity index (χ4n) is 4.04. The zero-order chi connectivity index (χ0) is 26.1. The molecule has 0 heterocycles. The van der Waals surface area contributed by atoms with E-state index in [-0.39, 0.29) is 0 Å². The van der Waals surface area contributed by atoms with Gasteiger partial charge in [0.2, 0.25) is 0 Å². The summed E-state index contributed by atoms with van der Waals surface area (Å²) < 4.78 is 0. The number of rotatable bonds is 13. The van der Waals surface area contributed by atoms with Crippen LogP contribution in [0.5, 0.6) is 0 Å².